The average molecular weight is 575 g/mol. The van der Waals surface area contributed by atoms with Crippen LogP contribution >= 0.6 is 0 Å². The molecule has 4 aromatic rings. The van der Waals surface area contributed by atoms with E-state index in [9.17, 15) is 4.79 Å². The topological polar surface area (TPSA) is 42.0 Å². The molecule has 0 N–H and O–H groups in total. The molecular weight excluding hydrogens is 532 g/mol. The van der Waals surface area contributed by atoms with Crippen LogP contribution in [0.5, 0.6) is 11.5 Å². The summed E-state index contributed by atoms with van der Waals surface area (Å²) in [6, 6.07) is 33.9. The second kappa shape index (κ2) is 13.9. The predicted octanol–water partition coefficient (Wildman–Crippen LogP) is 8.12. The van der Waals surface area contributed by atoms with Crippen molar-refractivity contribution in [1.82, 2.24) is 9.80 Å². The van der Waals surface area contributed by atoms with Crippen LogP contribution in [0.25, 0.3) is 11.1 Å². The quantitative estimate of drug-likeness (QED) is 0.170. The van der Waals surface area contributed by atoms with Gasteiger partial charge in [0.1, 0.15) is 0 Å². The molecule has 1 amide bonds. The molecule has 0 unspecified atom stereocenters. The molecule has 0 bridgehead atoms. The van der Waals surface area contributed by atoms with Gasteiger partial charge in [-0.25, -0.2) is 0 Å². The van der Waals surface area contributed by atoms with Crippen molar-refractivity contribution in [3.63, 3.8) is 0 Å². The van der Waals surface area contributed by atoms with Gasteiger partial charge in [0, 0.05) is 37.8 Å². The highest BCUT2D eigenvalue weighted by Gasteiger charge is 2.29. The van der Waals surface area contributed by atoms with Crippen molar-refractivity contribution in [2.45, 2.75) is 64.6 Å². The second-order valence-corrected chi connectivity index (χ2v) is 11.8. The third-order valence-electron chi connectivity index (χ3n) is 8.79. The van der Waals surface area contributed by atoms with Crippen LogP contribution in [0.2, 0.25) is 0 Å². The highest BCUT2D eigenvalue weighted by molar-refractivity contribution is 5.94. The van der Waals surface area contributed by atoms with Crippen molar-refractivity contribution in [3.05, 3.63) is 119 Å². The minimum Gasteiger partial charge on any atom is -0.454 e. The average Bonchev–Trinajstić information content (AvgIpc) is 3.53. The van der Waals surface area contributed by atoms with Crippen LogP contribution in [0.1, 0.15) is 66.1 Å². The van der Waals surface area contributed by atoms with Gasteiger partial charge in [0.25, 0.3) is 5.91 Å². The number of amides is 1. The Balaban J connectivity index is 1.17. The lowest BCUT2D eigenvalue weighted by atomic mass is 9.98. The summed E-state index contributed by atoms with van der Waals surface area (Å²) in [6.07, 6.45) is 6.67. The Morgan fingerprint density at radius 3 is 2.21 bits per heavy atom. The molecule has 0 aliphatic carbocycles. The number of aryl methyl sites for hydroxylation is 1. The Kier molecular flexibility index (Phi) is 9.39. The normalized spacial score (nSPS) is 15.0. The van der Waals surface area contributed by atoms with Gasteiger partial charge in [-0.1, -0.05) is 92.6 Å². The fraction of sp³-hybridized carbons (Fsp3) is 0.342. The van der Waals surface area contributed by atoms with Gasteiger partial charge < -0.3 is 14.4 Å². The van der Waals surface area contributed by atoms with E-state index < -0.39 is 0 Å². The molecule has 6 rings (SSSR count). The molecule has 0 radical (unpaired) electrons. The van der Waals surface area contributed by atoms with E-state index in [0.717, 1.165) is 72.6 Å². The van der Waals surface area contributed by atoms with Crippen molar-refractivity contribution in [2.75, 3.05) is 19.9 Å². The van der Waals surface area contributed by atoms with Gasteiger partial charge in [0.2, 0.25) is 6.79 Å². The fourth-order valence-electron chi connectivity index (χ4n) is 6.23. The Bertz CT molecular complexity index is 1480. The molecule has 1 saturated heterocycles. The van der Waals surface area contributed by atoms with E-state index in [1.807, 2.05) is 24.3 Å². The number of carbonyl (C=O) groups is 1. The van der Waals surface area contributed by atoms with Gasteiger partial charge in [-0.15, -0.1) is 0 Å². The lowest BCUT2D eigenvalue weighted by Gasteiger charge is -2.39. The van der Waals surface area contributed by atoms with E-state index >= 15 is 0 Å². The molecule has 4 aromatic carbocycles. The number of benzene rings is 4. The van der Waals surface area contributed by atoms with E-state index in [1.165, 1.54) is 30.4 Å². The number of ether oxygens (including phenoxy) is 2. The van der Waals surface area contributed by atoms with Crippen molar-refractivity contribution in [1.29, 1.82) is 0 Å². The van der Waals surface area contributed by atoms with Gasteiger partial charge in [-0.05, 0) is 77.8 Å². The summed E-state index contributed by atoms with van der Waals surface area (Å²) in [7, 11) is 0. The Morgan fingerprint density at radius 1 is 0.767 bits per heavy atom. The maximum Gasteiger partial charge on any atom is 0.254 e. The van der Waals surface area contributed by atoms with Gasteiger partial charge >= 0.3 is 0 Å². The van der Waals surface area contributed by atoms with E-state index in [0.29, 0.717) is 6.54 Å². The maximum atomic E-state index is 14.1. The van der Waals surface area contributed by atoms with Crippen molar-refractivity contribution >= 4 is 5.91 Å². The molecule has 0 atom stereocenters. The van der Waals surface area contributed by atoms with Gasteiger partial charge in [0.15, 0.2) is 11.5 Å². The SMILES string of the molecule is CCCCCc1ccc(C(=O)N(Cc2ccc(-c3ccc4c(c3)OCO4)cc2)C2CCN(Cc3ccccc3)CC2)cc1. The highest BCUT2D eigenvalue weighted by atomic mass is 16.7. The zero-order valence-corrected chi connectivity index (χ0v) is 25.2. The van der Waals surface area contributed by atoms with Gasteiger partial charge in [-0.2, -0.15) is 0 Å². The minimum absolute atomic E-state index is 0.126. The number of hydrogen-bond acceptors (Lipinski definition) is 4. The number of fused-ring (bicyclic) bond motifs is 1. The first kappa shape index (κ1) is 29.0. The molecule has 5 nitrogen and oxygen atoms in total. The van der Waals surface area contributed by atoms with Gasteiger partial charge in [-0.3, -0.25) is 9.69 Å². The lowest BCUT2D eigenvalue weighted by Crippen LogP contribution is -2.46. The van der Waals surface area contributed by atoms with Crippen LogP contribution < -0.4 is 9.47 Å². The number of unbranched alkanes of at least 4 members (excludes halogenated alkanes) is 2. The van der Waals surface area contributed by atoms with Crippen molar-refractivity contribution in [3.8, 4) is 22.6 Å². The molecule has 2 aliphatic heterocycles. The van der Waals surface area contributed by atoms with Crippen LogP contribution in [0.4, 0.5) is 0 Å². The Labute approximate surface area is 256 Å². The number of likely N-dealkylation sites (tertiary alicyclic amines) is 1. The molecule has 0 spiro atoms. The van der Waals surface area contributed by atoms with Crippen molar-refractivity contribution < 1.29 is 14.3 Å². The second-order valence-electron chi connectivity index (χ2n) is 11.8. The number of nitrogens with zero attached hydrogens (tertiary/aromatic N) is 2. The first-order valence-electron chi connectivity index (χ1n) is 15.8. The monoisotopic (exact) mass is 574 g/mol. The standard InChI is InChI=1S/C38H42N2O3/c1-2-3-5-8-29-11-17-33(18-12-29)38(41)40(35-21-23-39(24-22-35)26-30-9-6-4-7-10-30)27-31-13-15-32(16-14-31)34-19-20-36-37(25-34)43-28-42-36/h4,6-7,9-20,25,35H,2-3,5,8,21-24,26-28H2,1H3. The molecule has 1 fully saturated rings. The first-order chi connectivity index (χ1) is 21.2. The number of piperidine rings is 1. The number of carbonyl (C=O) groups excluding carboxylic acids is 1. The van der Waals surface area contributed by atoms with Crippen LogP contribution in [-0.2, 0) is 19.5 Å². The summed E-state index contributed by atoms with van der Waals surface area (Å²) in [4.78, 5) is 18.7. The first-order valence-corrected chi connectivity index (χ1v) is 15.8. The predicted molar refractivity (Wildman–Crippen MR) is 172 cm³/mol. The molecule has 5 heteroatoms. The summed E-state index contributed by atoms with van der Waals surface area (Å²) >= 11 is 0. The zero-order chi connectivity index (χ0) is 29.4. The number of rotatable bonds is 11. The minimum atomic E-state index is 0.126. The summed E-state index contributed by atoms with van der Waals surface area (Å²) in [5.41, 5.74) is 6.78. The Hall–Kier alpha value is -4.09. The van der Waals surface area contributed by atoms with Crippen LogP contribution in [-0.4, -0.2) is 41.6 Å². The van der Waals surface area contributed by atoms with Crippen LogP contribution in [0.15, 0.2) is 97.1 Å². The van der Waals surface area contributed by atoms with E-state index in [1.54, 1.807) is 0 Å². The summed E-state index contributed by atoms with van der Waals surface area (Å²) in [6.45, 7) is 6.04. The molecule has 0 saturated carbocycles. The molecule has 2 heterocycles. The third-order valence-corrected chi connectivity index (χ3v) is 8.79. The lowest BCUT2D eigenvalue weighted by molar-refractivity contribution is 0.0543. The van der Waals surface area contributed by atoms with E-state index in [-0.39, 0.29) is 18.7 Å². The molecule has 43 heavy (non-hydrogen) atoms. The van der Waals surface area contributed by atoms with Crippen molar-refractivity contribution in [2.24, 2.45) is 0 Å². The molecule has 222 valence electrons. The van der Waals surface area contributed by atoms with E-state index in [4.69, 9.17) is 9.47 Å². The Morgan fingerprint density at radius 2 is 1.47 bits per heavy atom. The highest BCUT2D eigenvalue weighted by Crippen LogP contribution is 2.36. The zero-order valence-electron chi connectivity index (χ0n) is 25.2. The summed E-state index contributed by atoms with van der Waals surface area (Å²) < 4.78 is 11.0. The molecule has 2 aliphatic rings. The third kappa shape index (κ3) is 7.29. The largest absolute Gasteiger partial charge is 0.454 e. The summed E-state index contributed by atoms with van der Waals surface area (Å²) in [5, 5.41) is 0. The fourth-order valence-corrected chi connectivity index (χ4v) is 6.23. The summed E-state index contributed by atoms with van der Waals surface area (Å²) in [5.74, 6) is 1.70. The van der Waals surface area contributed by atoms with E-state index in [2.05, 4.69) is 89.5 Å². The van der Waals surface area contributed by atoms with Crippen LogP contribution in [0.3, 0.4) is 0 Å². The molecular formula is C38H42N2O3. The molecule has 0 aromatic heterocycles. The van der Waals surface area contributed by atoms with Gasteiger partial charge in [0.05, 0.1) is 0 Å². The van der Waals surface area contributed by atoms with Crippen LogP contribution in [0, 0.1) is 0 Å². The number of hydrogen-bond donors (Lipinski definition) is 0. The smallest absolute Gasteiger partial charge is 0.254 e. The maximum absolute atomic E-state index is 14.1.